The number of rotatable bonds is 8. The summed E-state index contributed by atoms with van der Waals surface area (Å²) >= 11 is 0. The van der Waals surface area contributed by atoms with Crippen LogP contribution in [-0.4, -0.2) is 49.3 Å². The van der Waals surface area contributed by atoms with Gasteiger partial charge in [-0.15, -0.1) is 0 Å². The lowest BCUT2D eigenvalue weighted by atomic mass is 9.96. The van der Waals surface area contributed by atoms with E-state index in [0.29, 0.717) is 27.6 Å². The van der Waals surface area contributed by atoms with Crippen LogP contribution in [0.1, 0.15) is 69.1 Å². The molecule has 2 amide bonds. The van der Waals surface area contributed by atoms with Crippen LogP contribution in [0.15, 0.2) is 71.8 Å². The number of nitrogens with zero attached hydrogens (tertiary/aromatic N) is 1. The van der Waals surface area contributed by atoms with Crippen LogP contribution in [0.3, 0.4) is 0 Å². The van der Waals surface area contributed by atoms with Crippen molar-refractivity contribution in [3.63, 3.8) is 0 Å². The van der Waals surface area contributed by atoms with Gasteiger partial charge in [0.25, 0.3) is 15.9 Å². The Bertz CT molecular complexity index is 1860. The second-order valence-electron chi connectivity index (χ2n) is 10.5. The van der Waals surface area contributed by atoms with Gasteiger partial charge in [-0.25, -0.2) is 28.2 Å². The third-order valence-corrected chi connectivity index (χ3v) is 9.23. The normalized spacial score (nSPS) is 14.3. The zero-order valence-electron chi connectivity index (χ0n) is 24.1. The molecule has 12 nitrogen and oxygen atoms in total. The average Bonchev–Trinajstić information content (AvgIpc) is 3.67. The second-order valence-corrected chi connectivity index (χ2v) is 12.2. The van der Waals surface area contributed by atoms with Gasteiger partial charge in [-0.2, -0.15) is 0 Å². The Morgan fingerprint density at radius 3 is 2.39 bits per heavy atom. The molecule has 1 fully saturated rings. The van der Waals surface area contributed by atoms with E-state index in [1.165, 1.54) is 43.6 Å². The van der Waals surface area contributed by atoms with Crippen molar-refractivity contribution in [2.45, 2.75) is 49.6 Å². The topological polar surface area (TPSA) is 179 Å². The molecule has 13 heteroatoms. The quantitative estimate of drug-likeness (QED) is 0.128. The fourth-order valence-electron chi connectivity index (χ4n) is 5.45. The molecule has 1 aliphatic carbocycles. The summed E-state index contributed by atoms with van der Waals surface area (Å²) in [4.78, 5) is 38.4. The first-order valence-corrected chi connectivity index (χ1v) is 15.4. The number of hydrogen-bond donors (Lipinski definition) is 4. The van der Waals surface area contributed by atoms with Gasteiger partial charge in [0.15, 0.2) is 0 Å². The maximum absolute atomic E-state index is 13.0. The third kappa shape index (κ3) is 6.02. The summed E-state index contributed by atoms with van der Waals surface area (Å²) < 4.78 is 40.1. The van der Waals surface area contributed by atoms with Gasteiger partial charge in [0.05, 0.1) is 29.1 Å². The number of hydrogen-bond acceptors (Lipinski definition) is 9. The van der Waals surface area contributed by atoms with Crippen LogP contribution in [0.25, 0.3) is 10.9 Å². The van der Waals surface area contributed by atoms with Gasteiger partial charge in [0, 0.05) is 22.7 Å². The second kappa shape index (κ2) is 12.5. The van der Waals surface area contributed by atoms with Crippen LogP contribution in [0.4, 0.5) is 4.79 Å². The molecule has 0 saturated heterocycles. The van der Waals surface area contributed by atoms with Gasteiger partial charge in [0.1, 0.15) is 11.9 Å². The minimum Gasteiger partial charge on any atom is -0.496 e. The lowest BCUT2D eigenvalue weighted by Gasteiger charge is -2.17. The summed E-state index contributed by atoms with van der Waals surface area (Å²) in [5.41, 5.74) is 10.3. The SMILES string of the molecule is COc1cc(C(=O)NS(=O)(=O)c2ccccc2C)ccc1C(N)c1cn(C(=O)NO)c2ccc(C(=O)OC3CCCC3)cc12. The lowest BCUT2D eigenvalue weighted by molar-refractivity contribution is 0.0318. The predicted molar refractivity (Wildman–Crippen MR) is 160 cm³/mol. The number of methoxy groups -OCH3 is 1. The standard InChI is InChI=1S/C31H32N4O8S/c1-18-7-3-6-10-27(18)44(40,41)34-29(36)19-11-13-22(26(16-19)42-2)28(32)24-17-35(31(38)33-39)25-14-12-20(15-23(24)25)30(37)43-21-8-4-5-9-21/h3,6-7,10-17,21,28,39H,4-5,8-9,32H2,1-2H3,(H,33,38)(H,34,36). The number of carbonyl (C=O) groups is 3. The molecule has 1 heterocycles. The molecule has 1 aromatic heterocycles. The van der Waals surface area contributed by atoms with Crippen LogP contribution in [0, 0.1) is 6.92 Å². The number of benzene rings is 3. The van der Waals surface area contributed by atoms with Gasteiger partial charge >= 0.3 is 12.0 Å². The van der Waals surface area contributed by atoms with Gasteiger partial charge in [0.2, 0.25) is 0 Å². The number of aromatic nitrogens is 1. The molecule has 5 rings (SSSR count). The first-order valence-electron chi connectivity index (χ1n) is 13.9. The highest BCUT2D eigenvalue weighted by molar-refractivity contribution is 7.90. The summed E-state index contributed by atoms with van der Waals surface area (Å²) in [5.74, 6) is -1.18. The van der Waals surface area contributed by atoms with Crippen molar-refractivity contribution in [1.82, 2.24) is 14.8 Å². The fraction of sp³-hybridized carbons (Fsp3) is 0.258. The third-order valence-electron chi connectivity index (χ3n) is 7.74. The van der Waals surface area contributed by atoms with E-state index in [0.717, 1.165) is 30.3 Å². The minimum atomic E-state index is -4.14. The van der Waals surface area contributed by atoms with E-state index >= 15 is 0 Å². The molecule has 1 aliphatic rings. The fourth-order valence-corrected chi connectivity index (χ4v) is 6.67. The zero-order valence-corrected chi connectivity index (χ0v) is 24.9. The number of ether oxygens (including phenoxy) is 2. The van der Waals surface area contributed by atoms with Gasteiger partial charge in [-0.05, 0) is 80.1 Å². The van der Waals surface area contributed by atoms with E-state index in [1.54, 1.807) is 42.7 Å². The Kier molecular flexibility index (Phi) is 8.72. The van der Waals surface area contributed by atoms with Crippen molar-refractivity contribution in [3.05, 3.63) is 94.7 Å². The molecule has 5 N–H and O–H groups in total. The van der Waals surface area contributed by atoms with Crippen molar-refractivity contribution < 1.29 is 37.5 Å². The summed E-state index contributed by atoms with van der Waals surface area (Å²) in [6.07, 6.45) is 4.91. The van der Waals surface area contributed by atoms with E-state index < -0.39 is 34.0 Å². The average molecular weight is 621 g/mol. The summed E-state index contributed by atoms with van der Waals surface area (Å²) in [6.45, 7) is 1.63. The van der Waals surface area contributed by atoms with Crippen LogP contribution in [-0.2, 0) is 14.8 Å². The number of nitrogens with two attached hydrogens (primary N) is 1. The van der Waals surface area contributed by atoms with E-state index in [2.05, 4.69) is 4.72 Å². The molecule has 0 aliphatic heterocycles. The maximum atomic E-state index is 13.0. The molecule has 44 heavy (non-hydrogen) atoms. The molecule has 3 aromatic carbocycles. The Morgan fingerprint density at radius 2 is 1.70 bits per heavy atom. The number of aryl methyl sites for hydroxylation is 1. The number of esters is 1. The van der Waals surface area contributed by atoms with Crippen molar-refractivity contribution >= 4 is 38.8 Å². The van der Waals surface area contributed by atoms with Crippen molar-refractivity contribution in [2.24, 2.45) is 5.73 Å². The highest BCUT2D eigenvalue weighted by Crippen LogP contribution is 2.35. The molecule has 1 atom stereocenters. The van der Waals surface area contributed by atoms with E-state index in [-0.39, 0.29) is 27.9 Å². The monoisotopic (exact) mass is 620 g/mol. The van der Waals surface area contributed by atoms with Crippen LogP contribution >= 0.6 is 0 Å². The van der Waals surface area contributed by atoms with E-state index in [4.69, 9.17) is 15.2 Å². The smallest absolute Gasteiger partial charge is 0.349 e. The Hall–Kier alpha value is -4.72. The first kappa shape index (κ1) is 30.7. The first-order chi connectivity index (χ1) is 21.0. The number of amides is 2. The lowest BCUT2D eigenvalue weighted by Crippen LogP contribution is -2.31. The molecular formula is C31H32N4O8S. The molecule has 4 aromatic rings. The number of nitrogens with one attached hydrogen (secondary N) is 2. The number of hydroxylamine groups is 1. The molecule has 0 spiro atoms. The van der Waals surface area contributed by atoms with Crippen LogP contribution in [0.2, 0.25) is 0 Å². The van der Waals surface area contributed by atoms with Crippen molar-refractivity contribution in [1.29, 1.82) is 0 Å². The predicted octanol–water partition coefficient (Wildman–Crippen LogP) is 4.17. The number of sulfonamides is 1. The molecule has 0 bridgehead atoms. The van der Waals surface area contributed by atoms with Gasteiger partial charge in [-0.1, -0.05) is 24.3 Å². The maximum Gasteiger partial charge on any atom is 0.349 e. The van der Waals surface area contributed by atoms with Crippen LogP contribution < -0.4 is 20.7 Å². The highest BCUT2D eigenvalue weighted by atomic mass is 32.2. The Balaban J connectivity index is 1.48. The largest absolute Gasteiger partial charge is 0.496 e. The van der Waals surface area contributed by atoms with E-state index in [1.807, 2.05) is 0 Å². The molecule has 1 unspecified atom stereocenters. The molecule has 230 valence electrons. The summed E-state index contributed by atoms with van der Waals surface area (Å²) in [6, 6.07) is 13.5. The zero-order chi connectivity index (χ0) is 31.6. The molecule has 0 radical (unpaired) electrons. The minimum absolute atomic E-state index is 0.00832. The van der Waals surface area contributed by atoms with Gasteiger partial charge < -0.3 is 15.2 Å². The van der Waals surface area contributed by atoms with E-state index in [9.17, 15) is 28.0 Å². The highest BCUT2D eigenvalue weighted by Gasteiger charge is 2.26. The Labute approximate surface area is 253 Å². The number of carbonyl (C=O) groups excluding carboxylic acids is 3. The molecular weight excluding hydrogens is 588 g/mol. The van der Waals surface area contributed by atoms with Gasteiger partial charge in [-0.3, -0.25) is 14.6 Å². The van der Waals surface area contributed by atoms with Crippen LogP contribution in [0.5, 0.6) is 5.75 Å². The number of fused-ring (bicyclic) bond motifs is 1. The van der Waals surface area contributed by atoms with Crippen molar-refractivity contribution in [3.8, 4) is 5.75 Å². The Morgan fingerprint density at radius 1 is 1.00 bits per heavy atom. The summed E-state index contributed by atoms with van der Waals surface area (Å²) in [7, 11) is -2.77. The summed E-state index contributed by atoms with van der Waals surface area (Å²) in [5, 5.41) is 9.78. The molecule has 1 saturated carbocycles. The van der Waals surface area contributed by atoms with Crippen molar-refractivity contribution in [2.75, 3.05) is 7.11 Å².